The third-order valence-corrected chi connectivity index (χ3v) is 9.97. The van der Waals surface area contributed by atoms with Gasteiger partial charge in [0.25, 0.3) is 5.24 Å². The second kappa shape index (κ2) is 39.7. The molecular formula is C48H78ClN9O7S. The third kappa shape index (κ3) is 32.9. The molecule has 0 saturated carbocycles. The number of rotatable bonds is 19. The third-order valence-electron chi connectivity index (χ3n) is 8.51. The normalized spacial score (nSPS) is 11.3. The van der Waals surface area contributed by atoms with Crippen LogP contribution in [0.3, 0.4) is 0 Å². The second-order valence-electron chi connectivity index (χ2n) is 14.4. The van der Waals surface area contributed by atoms with Gasteiger partial charge in [0.2, 0.25) is 0 Å². The Morgan fingerprint density at radius 1 is 0.697 bits per heavy atom. The molecule has 0 aliphatic heterocycles. The highest BCUT2D eigenvalue weighted by Crippen LogP contribution is 2.12. The average molecular weight is 963 g/mol. The van der Waals surface area contributed by atoms with Crippen LogP contribution in [0.25, 0.3) is 0 Å². The lowest BCUT2D eigenvalue weighted by Crippen LogP contribution is -2.46. The first-order chi connectivity index (χ1) is 31.4. The highest BCUT2D eigenvalue weighted by Gasteiger charge is 2.23. The summed E-state index contributed by atoms with van der Waals surface area (Å²) in [5.74, 6) is 1.10. The highest BCUT2D eigenvalue weighted by molar-refractivity contribution is 8.13. The SMILES string of the molecule is C.CCCSC(=O)N(C)Cc1ccccc1.CN(Cc1ccccc1)C(=O)Cl.COC(=O)[C@@H](CCCN=C(C)N)NC(=O)N(C)Cc1ccccc1.COC(=O)[C@H](N)CCCN=C(C)N.[3H]C. The fourth-order valence-electron chi connectivity index (χ4n) is 5.11. The summed E-state index contributed by atoms with van der Waals surface area (Å²) in [6.45, 7) is 8.32. The second-order valence-corrected chi connectivity index (χ2v) is 15.7. The Bertz CT molecular complexity index is 1830. The zero-order chi connectivity index (χ0) is 50.3. The molecule has 0 aromatic heterocycles. The van der Waals surface area contributed by atoms with Crippen LogP contribution in [0.2, 0.25) is 0 Å². The number of nitrogens with two attached hydrogens (primary N) is 3. The number of methoxy groups -OCH3 is 2. The number of hydrogen-bond donors (Lipinski definition) is 4. The summed E-state index contributed by atoms with van der Waals surface area (Å²) < 4.78 is 15.0. The minimum Gasteiger partial charge on any atom is -0.468 e. The molecule has 370 valence electrons. The van der Waals surface area contributed by atoms with E-state index in [4.69, 9.17) is 34.9 Å². The molecule has 3 aromatic rings. The van der Waals surface area contributed by atoms with Gasteiger partial charge in [-0.25, -0.2) is 9.59 Å². The molecule has 0 fully saturated rings. The first kappa shape index (κ1) is 62.4. The molecule has 0 heterocycles. The predicted molar refractivity (Wildman–Crippen MR) is 274 cm³/mol. The Hall–Kier alpha value is -5.65. The van der Waals surface area contributed by atoms with Crippen LogP contribution in [0.4, 0.5) is 14.4 Å². The van der Waals surface area contributed by atoms with Crippen LogP contribution in [0.15, 0.2) is 101 Å². The standard InChI is InChI=1S/C17H26N4O3.C12H17NOS.C9H10ClNO.C8H17N3O2.2CH4/c1-13(18)19-11-7-10-15(16(22)24-3)20-17(23)21(2)12-14-8-5-4-6-9-14;1-3-9-15-12(14)13(2)10-11-7-5-4-6-8-11;1-11(9(10)12)7-8-5-3-2-4-6-8;1-6(9)11-5-3-4-7(10)8(12)13-2;;/h4-6,8-9,15H,7,10-12H2,1-3H3,(H2,18,19)(H,20,23);4-8H,3,9-10H2,1-2H3;2-6H,7H2,1H3;7H,3-5,10H2,1-2H3,(H2,9,11);2*1H4/t15-;;;7-;;/m1..1../s1/i;;;;1T;. The molecule has 0 spiro atoms. The summed E-state index contributed by atoms with van der Waals surface area (Å²) in [6, 6.07) is 27.8. The van der Waals surface area contributed by atoms with Crippen molar-refractivity contribution < 1.29 is 34.8 Å². The van der Waals surface area contributed by atoms with Crippen LogP contribution in [0.1, 0.15) is 85.8 Å². The van der Waals surface area contributed by atoms with E-state index >= 15 is 0 Å². The number of nitrogens with zero attached hydrogens (tertiary/aromatic N) is 5. The van der Waals surface area contributed by atoms with Gasteiger partial charge in [0, 0.05) is 61.0 Å². The maximum atomic E-state index is 12.3. The van der Waals surface area contributed by atoms with Crippen molar-refractivity contribution in [3.8, 4) is 0 Å². The molecule has 16 nitrogen and oxygen atoms in total. The van der Waals surface area contributed by atoms with E-state index in [0.717, 1.165) is 29.7 Å². The van der Waals surface area contributed by atoms with Crippen LogP contribution < -0.4 is 22.5 Å². The van der Waals surface area contributed by atoms with Crippen molar-refractivity contribution in [2.45, 2.75) is 99.4 Å². The minimum absolute atomic E-state index is 0. The van der Waals surface area contributed by atoms with Crippen molar-refractivity contribution >= 4 is 63.6 Å². The smallest absolute Gasteiger partial charge is 0.328 e. The molecule has 0 radical (unpaired) electrons. The zero-order valence-corrected chi connectivity index (χ0v) is 41.3. The lowest BCUT2D eigenvalue weighted by atomic mass is 10.1. The van der Waals surface area contributed by atoms with Gasteiger partial charge >= 0.3 is 23.3 Å². The monoisotopic (exact) mass is 962 g/mol. The molecule has 3 rings (SSSR count). The maximum Gasteiger partial charge on any atom is 0.328 e. The highest BCUT2D eigenvalue weighted by atomic mass is 35.5. The summed E-state index contributed by atoms with van der Waals surface area (Å²) >= 11 is 6.66. The summed E-state index contributed by atoms with van der Waals surface area (Å²) in [7, 11) is 9.07. The number of carbonyl (C=O) groups excluding carboxylic acids is 5. The zero-order valence-electron chi connectivity index (χ0n) is 40.7. The van der Waals surface area contributed by atoms with Gasteiger partial charge in [0.15, 0.2) is 0 Å². The van der Waals surface area contributed by atoms with Gasteiger partial charge in [0.05, 0.1) is 25.9 Å². The fourth-order valence-corrected chi connectivity index (χ4v) is 5.83. The molecule has 66 heavy (non-hydrogen) atoms. The van der Waals surface area contributed by atoms with Gasteiger partial charge in [-0.15, -0.1) is 0 Å². The van der Waals surface area contributed by atoms with E-state index in [0.29, 0.717) is 63.7 Å². The maximum absolute atomic E-state index is 12.3. The number of urea groups is 1. The summed E-state index contributed by atoms with van der Waals surface area (Å²) in [6.07, 6.45) is 3.41. The Morgan fingerprint density at radius 3 is 1.47 bits per heavy atom. The van der Waals surface area contributed by atoms with Crippen LogP contribution in [-0.2, 0) is 38.7 Å². The van der Waals surface area contributed by atoms with E-state index in [-0.39, 0.29) is 24.7 Å². The lowest BCUT2D eigenvalue weighted by molar-refractivity contribution is -0.143. The van der Waals surface area contributed by atoms with E-state index in [2.05, 4.69) is 27.0 Å². The molecule has 0 aliphatic carbocycles. The molecule has 7 N–H and O–H groups in total. The number of carbonyl (C=O) groups is 5. The summed E-state index contributed by atoms with van der Waals surface area (Å²) in [5.41, 5.74) is 19.5. The molecule has 0 unspecified atom stereocenters. The van der Waals surface area contributed by atoms with Gasteiger partial charge in [-0.2, -0.15) is 0 Å². The van der Waals surface area contributed by atoms with Gasteiger partial charge in [-0.3, -0.25) is 24.4 Å². The number of nitrogens with one attached hydrogen (secondary N) is 1. The van der Waals surface area contributed by atoms with Crippen molar-refractivity contribution in [1.29, 1.82) is 0 Å². The largest absolute Gasteiger partial charge is 0.468 e. The van der Waals surface area contributed by atoms with E-state index < -0.39 is 23.4 Å². The number of aliphatic imine (C=N–C) groups is 2. The first-order valence-corrected chi connectivity index (χ1v) is 22.2. The van der Waals surface area contributed by atoms with E-state index in [1.807, 2.05) is 98.0 Å². The van der Waals surface area contributed by atoms with Gasteiger partial charge < -0.3 is 46.7 Å². The van der Waals surface area contributed by atoms with Crippen molar-refractivity contribution in [1.82, 2.24) is 20.0 Å². The fraction of sp³-hybridized carbons (Fsp3) is 0.479. The Kier molecular flexibility index (Phi) is 37.5. The molecule has 0 bridgehead atoms. The molecule has 0 saturated heterocycles. The average Bonchev–Trinajstić information content (AvgIpc) is 3.31. The molecule has 18 heteroatoms. The number of halogens is 1. The van der Waals surface area contributed by atoms with Crippen molar-refractivity contribution in [3.63, 3.8) is 0 Å². The molecule has 4 amide bonds. The Morgan fingerprint density at radius 2 is 1.09 bits per heavy atom. The topological polar surface area (TPSA) is 228 Å². The summed E-state index contributed by atoms with van der Waals surface area (Å²) in [5, 5.41) is 2.43. The van der Waals surface area contributed by atoms with Crippen LogP contribution in [0, 0.1) is 0 Å². The predicted octanol–water partition coefficient (Wildman–Crippen LogP) is 8.30. The minimum atomic E-state index is -0.700. The lowest BCUT2D eigenvalue weighted by Gasteiger charge is -2.22. The first-order valence-electron chi connectivity index (χ1n) is 21.8. The molecule has 3 aromatic carbocycles. The van der Waals surface area contributed by atoms with Crippen LogP contribution in [0.5, 0.6) is 0 Å². The quantitative estimate of drug-likeness (QED) is 0.0223. The van der Waals surface area contributed by atoms with Gasteiger partial charge in [0.1, 0.15) is 12.1 Å². The van der Waals surface area contributed by atoms with Crippen LogP contribution >= 0.6 is 23.4 Å². The van der Waals surface area contributed by atoms with Crippen LogP contribution in [-0.4, -0.2) is 121 Å². The molecular weight excluding hydrogens is 882 g/mol. The Labute approximate surface area is 405 Å². The number of thioether (sulfide) groups is 1. The van der Waals surface area contributed by atoms with Crippen molar-refractivity contribution in [3.05, 3.63) is 108 Å². The number of amides is 4. The Balaban J connectivity index is -0.000000834. The number of hydrogen-bond acceptors (Lipinski definition) is 11. The number of amidine groups is 2. The van der Waals surface area contributed by atoms with Gasteiger partial charge in [-0.05, 0) is 74.2 Å². The number of ether oxygens (including phenoxy) is 2. The van der Waals surface area contributed by atoms with Gasteiger partial charge in [-0.1, -0.05) is 125 Å². The number of esters is 2. The van der Waals surface area contributed by atoms with Crippen molar-refractivity contribution in [2.75, 3.05) is 54.2 Å². The summed E-state index contributed by atoms with van der Waals surface area (Å²) in [4.78, 5) is 70.0. The van der Waals surface area contributed by atoms with E-state index in [1.54, 1.807) is 32.8 Å². The number of benzene rings is 3. The molecule has 2 atom stereocenters. The van der Waals surface area contributed by atoms with E-state index in [1.165, 1.54) is 48.7 Å². The van der Waals surface area contributed by atoms with E-state index in [9.17, 15) is 24.0 Å². The molecule has 0 aliphatic rings. The van der Waals surface area contributed by atoms with Crippen molar-refractivity contribution in [2.24, 2.45) is 27.2 Å².